The average Bonchev–Trinajstić information content (AvgIpc) is 3.70. The molecule has 1 aromatic heterocycles. The normalized spacial score (nSPS) is 15.9. The number of Topliss-reactive ketones (excluding diaryl/α,β-unsaturated/α-hetero) is 2. The van der Waals surface area contributed by atoms with Crippen LogP contribution < -0.4 is 28.3 Å². The van der Waals surface area contributed by atoms with E-state index in [9.17, 15) is 24.3 Å². The van der Waals surface area contributed by atoms with Crippen molar-refractivity contribution in [2.24, 2.45) is 45.7 Å². The molecule has 13 heteroatoms. The Bertz CT molecular complexity index is 1340. The Hall–Kier alpha value is -4.26. The highest BCUT2D eigenvalue weighted by atomic mass is 16.3. The molecule has 1 heterocycles. The maximum absolute atomic E-state index is 14.0. The molecule has 4 atom stereocenters. The van der Waals surface area contributed by atoms with Gasteiger partial charge in [0, 0.05) is 49.5 Å². The number of phenols is 1. The minimum atomic E-state index is -0.980. The van der Waals surface area contributed by atoms with E-state index in [1.54, 1.807) is 18.3 Å². The number of aliphatic imine (C=N–C) groups is 1. The number of ketones is 2. The van der Waals surface area contributed by atoms with Gasteiger partial charge in [-0.2, -0.15) is 0 Å². The van der Waals surface area contributed by atoms with E-state index in [1.807, 2.05) is 13.8 Å². The van der Waals surface area contributed by atoms with E-state index in [1.165, 1.54) is 6.33 Å². The zero-order valence-electron chi connectivity index (χ0n) is 27.0. The Balaban J connectivity index is 1.83. The summed E-state index contributed by atoms with van der Waals surface area (Å²) in [5.41, 5.74) is 25.7. The van der Waals surface area contributed by atoms with Gasteiger partial charge in [-0.1, -0.05) is 25.7 Å². The van der Waals surface area contributed by atoms with Gasteiger partial charge in [-0.25, -0.2) is 4.98 Å². The molecule has 3 rings (SSSR count). The molecule has 0 unspecified atom stereocenters. The molecule has 0 spiro atoms. The fourth-order valence-corrected chi connectivity index (χ4v) is 6.36. The molecule has 13 nitrogen and oxygen atoms in total. The summed E-state index contributed by atoms with van der Waals surface area (Å²) in [6.07, 6.45) is 8.70. The number of aromatic amines is 1. The zero-order valence-corrected chi connectivity index (χ0v) is 27.0. The highest BCUT2D eigenvalue weighted by molar-refractivity contribution is 5.94. The molecule has 11 N–H and O–H groups in total. The summed E-state index contributed by atoms with van der Waals surface area (Å²) >= 11 is 0. The second-order valence-electron chi connectivity index (χ2n) is 12.7. The number of nitrogens with one attached hydrogen (secondary N) is 2. The number of guanidine groups is 1. The number of primary amides is 1. The number of aryl methyl sites for hydroxylation is 2. The van der Waals surface area contributed by atoms with Crippen LogP contribution in [0.4, 0.5) is 0 Å². The van der Waals surface area contributed by atoms with Crippen molar-refractivity contribution in [1.82, 2.24) is 15.3 Å². The van der Waals surface area contributed by atoms with E-state index >= 15 is 0 Å². The van der Waals surface area contributed by atoms with E-state index in [0.29, 0.717) is 37.4 Å². The molecule has 0 bridgehead atoms. The molecule has 1 aliphatic carbocycles. The van der Waals surface area contributed by atoms with Gasteiger partial charge in [-0.05, 0) is 74.3 Å². The van der Waals surface area contributed by atoms with Crippen molar-refractivity contribution in [2.75, 3.05) is 6.54 Å². The number of aromatic nitrogens is 2. The molecule has 1 fully saturated rings. The van der Waals surface area contributed by atoms with Crippen LogP contribution in [0.3, 0.4) is 0 Å². The number of phenolic OH excluding ortho intramolecular Hbond substituents is 1. The first-order valence-electron chi connectivity index (χ1n) is 16.1. The number of benzene rings is 1. The highest BCUT2D eigenvalue weighted by Crippen LogP contribution is 2.32. The van der Waals surface area contributed by atoms with Crippen molar-refractivity contribution >= 4 is 29.3 Å². The van der Waals surface area contributed by atoms with E-state index in [2.05, 4.69) is 20.3 Å². The predicted octanol–water partition coefficient (Wildman–Crippen LogP) is 1.60. The number of aromatic hydroxyl groups is 1. The largest absolute Gasteiger partial charge is 0.508 e. The molecule has 1 saturated carbocycles. The third-order valence-corrected chi connectivity index (χ3v) is 8.96. The molecule has 0 aliphatic heterocycles. The standard InChI is InChI=1S/C33H50N8O5/c1-19-10-25(42)11-20(2)26(19)13-23(15-29(43)27(34)8-5-9-39-33(36)37)32(46)41-28(16-24-17-38-18-40-24)30(44)14-22(31(35)45)12-21-6-3-4-7-21/h10-11,17-18,21-23,27-28,42H,3-9,12-16,34H2,1-2H3,(H2,35,45)(H,38,40)(H,41,46)(H4,36,37,39)/t22-,23-,27-,28+/m1/s1. The van der Waals surface area contributed by atoms with Gasteiger partial charge in [-0.3, -0.25) is 24.2 Å². The minimum absolute atomic E-state index is 0.0452. The lowest BCUT2D eigenvalue weighted by Crippen LogP contribution is -2.47. The SMILES string of the molecule is Cc1cc(O)cc(C)c1C[C@H](CC(=O)[C@H](N)CCCN=C(N)N)C(=O)N[C@@H](Cc1cnc[nH]1)C(=O)C[C@@H](CC1CCCC1)C(N)=O. The monoisotopic (exact) mass is 638 g/mol. The summed E-state index contributed by atoms with van der Waals surface area (Å²) in [5, 5.41) is 13.0. The van der Waals surface area contributed by atoms with Crippen LogP contribution in [0.2, 0.25) is 0 Å². The smallest absolute Gasteiger partial charge is 0.224 e. The summed E-state index contributed by atoms with van der Waals surface area (Å²) < 4.78 is 0. The highest BCUT2D eigenvalue weighted by Gasteiger charge is 2.33. The molecule has 1 aliphatic rings. The number of carbonyl (C=O) groups is 4. The third kappa shape index (κ3) is 11.3. The molecule has 2 amide bonds. The molecular weight excluding hydrogens is 588 g/mol. The number of imidazole rings is 1. The summed E-state index contributed by atoms with van der Waals surface area (Å²) in [7, 11) is 0. The Morgan fingerprint density at radius 3 is 2.26 bits per heavy atom. The van der Waals surface area contributed by atoms with Gasteiger partial charge in [-0.15, -0.1) is 0 Å². The Kier molecular flexibility index (Phi) is 13.7. The van der Waals surface area contributed by atoms with Crippen LogP contribution in [-0.4, -0.2) is 63.0 Å². The maximum atomic E-state index is 14.0. The number of hydrogen-bond acceptors (Lipinski definition) is 8. The Morgan fingerprint density at radius 2 is 1.67 bits per heavy atom. The van der Waals surface area contributed by atoms with Gasteiger partial charge in [0.2, 0.25) is 11.8 Å². The van der Waals surface area contributed by atoms with Crippen molar-refractivity contribution < 1.29 is 24.3 Å². The number of nitrogens with zero attached hydrogens (tertiary/aromatic N) is 2. The summed E-state index contributed by atoms with van der Waals surface area (Å²) in [4.78, 5) is 64.4. The van der Waals surface area contributed by atoms with E-state index in [-0.39, 0.29) is 49.0 Å². The van der Waals surface area contributed by atoms with Crippen molar-refractivity contribution in [1.29, 1.82) is 0 Å². The Labute approximate surface area is 270 Å². The predicted molar refractivity (Wildman–Crippen MR) is 175 cm³/mol. The lowest BCUT2D eigenvalue weighted by molar-refractivity contribution is -0.133. The Morgan fingerprint density at radius 1 is 1.02 bits per heavy atom. The first-order chi connectivity index (χ1) is 21.8. The fourth-order valence-electron chi connectivity index (χ4n) is 6.36. The van der Waals surface area contributed by atoms with Gasteiger partial charge in [0.15, 0.2) is 11.7 Å². The quantitative estimate of drug-likeness (QED) is 0.0670. The van der Waals surface area contributed by atoms with Crippen molar-refractivity contribution in [3.63, 3.8) is 0 Å². The molecule has 2 aromatic rings. The van der Waals surface area contributed by atoms with Gasteiger partial charge in [0.05, 0.1) is 18.4 Å². The molecule has 1 aromatic carbocycles. The van der Waals surface area contributed by atoms with Crippen LogP contribution >= 0.6 is 0 Å². The second-order valence-corrected chi connectivity index (χ2v) is 12.7. The van der Waals surface area contributed by atoms with Crippen LogP contribution in [0.5, 0.6) is 5.75 Å². The lowest BCUT2D eigenvalue weighted by atomic mass is 9.85. The third-order valence-electron chi connectivity index (χ3n) is 8.96. The summed E-state index contributed by atoms with van der Waals surface area (Å²) in [6, 6.07) is 1.40. The number of rotatable bonds is 19. The molecule has 46 heavy (non-hydrogen) atoms. The van der Waals surface area contributed by atoms with Crippen LogP contribution in [-0.2, 0) is 32.0 Å². The first-order valence-corrected chi connectivity index (χ1v) is 16.1. The van der Waals surface area contributed by atoms with Gasteiger partial charge < -0.3 is 38.3 Å². The topological polar surface area (TPSA) is 246 Å². The van der Waals surface area contributed by atoms with Crippen LogP contribution in [0.25, 0.3) is 0 Å². The molecule has 252 valence electrons. The van der Waals surface area contributed by atoms with E-state index in [4.69, 9.17) is 22.9 Å². The van der Waals surface area contributed by atoms with E-state index < -0.39 is 35.7 Å². The van der Waals surface area contributed by atoms with Crippen LogP contribution in [0.1, 0.15) is 80.2 Å². The number of hydrogen-bond donors (Lipinski definition) is 7. The molecule has 0 radical (unpaired) electrons. The van der Waals surface area contributed by atoms with Gasteiger partial charge >= 0.3 is 0 Å². The van der Waals surface area contributed by atoms with Gasteiger partial charge in [0.25, 0.3) is 0 Å². The van der Waals surface area contributed by atoms with Crippen molar-refractivity contribution in [3.8, 4) is 5.75 Å². The summed E-state index contributed by atoms with van der Waals surface area (Å²) in [5.74, 6) is -2.72. The van der Waals surface area contributed by atoms with Crippen LogP contribution in [0, 0.1) is 31.6 Å². The second kappa shape index (κ2) is 17.4. The molecule has 0 saturated heterocycles. The zero-order chi connectivity index (χ0) is 33.8. The van der Waals surface area contributed by atoms with Crippen molar-refractivity contribution in [2.45, 2.75) is 96.6 Å². The number of amides is 2. The number of H-pyrrole nitrogens is 1. The van der Waals surface area contributed by atoms with Crippen LogP contribution in [0.15, 0.2) is 29.6 Å². The summed E-state index contributed by atoms with van der Waals surface area (Å²) in [6.45, 7) is 3.98. The minimum Gasteiger partial charge on any atom is -0.508 e. The van der Waals surface area contributed by atoms with E-state index in [0.717, 1.165) is 42.4 Å². The average molecular weight is 639 g/mol. The number of nitrogens with two attached hydrogens (primary N) is 4. The van der Waals surface area contributed by atoms with Gasteiger partial charge in [0.1, 0.15) is 11.5 Å². The molecular formula is C33H50N8O5. The first kappa shape index (κ1) is 36.2. The fraction of sp³-hybridized carbons (Fsp3) is 0.576. The lowest BCUT2D eigenvalue weighted by Gasteiger charge is -2.25. The number of carbonyl (C=O) groups excluding carboxylic acids is 4. The van der Waals surface area contributed by atoms with Crippen molar-refractivity contribution in [3.05, 3.63) is 47.0 Å². The maximum Gasteiger partial charge on any atom is 0.224 e.